The maximum atomic E-state index is 6.25. The average molecular weight is 310 g/mol. The van der Waals surface area contributed by atoms with Gasteiger partial charge in [0.05, 0.1) is 10.0 Å². The van der Waals surface area contributed by atoms with E-state index in [1.54, 1.807) is 12.3 Å². The highest BCUT2D eigenvalue weighted by Crippen LogP contribution is 2.28. The summed E-state index contributed by atoms with van der Waals surface area (Å²) in [6.45, 7) is 4.88. The summed E-state index contributed by atoms with van der Waals surface area (Å²) in [4.78, 5) is 6.47. The van der Waals surface area contributed by atoms with Gasteiger partial charge in [0.2, 0.25) is 0 Å². The fraction of sp³-hybridized carbons (Fsp3) is 0.267. The Morgan fingerprint density at radius 2 is 2.00 bits per heavy atom. The molecule has 0 fully saturated rings. The topological polar surface area (TPSA) is 42.1 Å². The van der Waals surface area contributed by atoms with Gasteiger partial charge in [-0.2, -0.15) is 0 Å². The third kappa shape index (κ3) is 3.56. The number of benzene rings is 1. The number of nitrogens with zero attached hydrogens (tertiary/aromatic N) is 2. The van der Waals surface area contributed by atoms with E-state index in [-0.39, 0.29) is 6.04 Å². The number of hydrogen-bond donors (Lipinski definition) is 1. The molecular formula is C15H17Cl2N3. The molecule has 1 heterocycles. The Balaban J connectivity index is 2.32. The number of halogens is 2. The molecule has 106 valence electrons. The Morgan fingerprint density at radius 3 is 2.60 bits per heavy atom. The lowest BCUT2D eigenvalue weighted by Gasteiger charge is -2.29. The maximum Gasteiger partial charge on any atom is 0.147 e. The van der Waals surface area contributed by atoms with Crippen LogP contribution in [0.1, 0.15) is 19.4 Å². The first-order chi connectivity index (χ1) is 9.47. The van der Waals surface area contributed by atoms with Crippen molar-refractivity contribution in [2.24, 2.45) is 0 Å². The molecule has 20 heavy (non-hydrogen) atoms. The van der Waals surface area contributed by atoms with Crippen LogP contribution in [-0.4, -0.2) is 11.0 Å². The van der Waals surface area contributed by atoms with Gasteiger partial charge in [0.1, 0.15) is 5.82 Å². The molecule has 0 unspecified atom stereocenters. The molecule has 2 rings (SSSR count). The molecule has 0 atom stereocenters. The Bertz CT molecular complexity index is 599. The van der Waals surface area contributed by atoms with Crippen LogP contribution in [0, 0.1) is 0 Å². The van der Waals surface area contributed by atoms with Gasteiger partial charge in [-0.25, -0.2) is 4.98 Å². The van der Waals surface area contributed by atoms with E-state index in [0.717, 1.165) is 17.1 Å². The quantitative estimate of drug-likeness (QED) is 0.852. The molecule has 0 aliphatic carbocycles. The molecule has 0 saturated heterocycles. The van der Waals surface area contributed by atoms with Crippen LogP contribution < -0.4 is 10.6 Å². The van der Waals surface area contributed by atoms with Crippen molar-refractivity contribution in [3.63, 3.8) is 0 Å². The van der Waals surface area contributed by atoms with E-state index >= 15 is 0 Å². The molecule has 1 aromatic carbocycles. The van der Waals surface area contributed by atoms with Crippen LogP contribution >= 0.6 is 23.2 Å². The monoisotopic (exact) mass is 309 g/mol. The van der Waals surface area contributed by atoms with Gasteiger partial charge in [-0.05, 0) is 37.6 Å². The minimum Gasteiger partial charge on any atom is -0.399 e. The molecule has 0 radical (unpaired) electrons. The van der Waals surface area contributed by atoms with Crippen molar-refractivity contribution in [2.75, 3.05) is 10.6 Å². The molecule has 0 bridgehead atoms. The molecule has 2 aromatic rings. The summed E-state index contributed by atoms with van der Waals surface area (Å²) in [6.07, 6.45) is 1.61. The largest absolute Gasteiger partial charge is 0.399 e. The third-order valence-electron chi connectivity index (χ3n) is 2.99. The molecule has 0 aliphatic heterocycles. The van der Waals surface area contributed by atoms with Crippen LogP contribution in [0.25, 0.3) is 0 Å². The number of hydrogen-bond acceptors (Lipinski definition) is 3. The summed E-state index contributed by atoms with van der Waals surface area (Å²) < 4.78 is 0. The Labute approximate surface area is 129 Å². The number of aromatic nitrogens is 1. The second-order valence-electron chi connectivity index (χ2n) is 4.93. The van der Waals surface area contributed by atoms with E-state index in [9.17, 15) is 0 Å². The second-order valence-corrected chi connectivity index (χ2v) is 5.77. The summed E-state index contributed by atoms with van der Waals surface area (Å²) in [6, 6.07) is 9.77. The lowest BCUT2D eigenvalue weighted by Crippen LogP contribution is -2.31. The van der Waals surface area contributed by atoms with Crippen LogP contribution in [0.5, 0.6) is 0 Å². The highest BCUT2D eigenvalue weighted by Gasteiger charge is 2.16. The Kier molecular flexibility index (Phi) is 4.73. The summed E-state index contributed by atoms with van der Waals surface area (Å²) in [5.74, 6) is 0.730. The molecule has 0 saturated carbocycles. The summed E-state index contributed by atoms with van der Waals surface area (Å²) >= 11 is 12.2. The van der Waals surface area contributed by atoms with Crippen molar-refractivity contribution < 1.29 is 0 Å². The number of nitrogen functional groups attached to an aromatic ring is 1. The molecule has 1 aromatic heterocycles. The molecular weight excluding hydrogens is 293 g/mol. The van der Waals surface area contributed by atoms with Gasteiger partial charge in [-0.3, -0.25) is 0 Å². The first kappa shape index (κ1) is 14.9. The number of nitrogens with two attached hydrogens (primary N) is 1. The van der Waals surface area contributed by atoms with Crippen LogP contribution in [-0.2, 0) is 6.54 Å². The van der Waals surface area contributed by atoms with Gasteiger partial charge < -0.3 is 10.6 Å². The summed E-state index contributed by atoms with van der Waals surface area (Å²) in [7, 11) is 0. The number of anilines is 2. The van der Waals surface area contributed by atoms with E-state index in [0.29, 0.717) is 16.6 Å². The fourth-order valence-electron chi connectivity index (χ4n) is 2.01. The van der Waals surface area contributed by atoms with E-state index in [1.165, 1.54) is 0 Å². The highest BCUT2D eigenvalue weighted by molar-refractivity contribution is 6.36. The van der Waals surface area contributed by atoms with Crippen molar-refractivity contribution in [2.45, 2.75) is 26.4 Å². The summed E-state index contributed by atoms with van der Waals surface area (Å²) in [5, 5.41) is 1.08. The molecule has 0 spiro atoms. The molecule has 0 amide bonds. The van der Waals surface area contributed by atoms with Crippen molar-refractivity contribution in [3.05, 3.63) is 52.1 Å². The van der Waals surface area contributed by atoms with Gasteiger partial charge >= 0.3 is 0 Å². The predicted octanol–water partition coefficient (Wildman–Crippen LogP) is 4.39. The van der Waals surface area contributed by atoms with Crippen LogP contribution in [0.3, 0.4) is 0 Å². The van der Waals surface area contributed by atoms with E-state index in [1.807, 2.05) is 24.3 Å². The van der Waals surface area contributed by atoms with E-state index in [2.05, 4.69) is 23.7 Å². The van der Waals surface area contributed by atoms with Crippen molar-refractivity contribution in [1.29, 1.82) is 0 Å². The van der Waals surface area contributed by atoms with Crippen LogP contribution in [0.4, 0.5) is 11.5 Å². The van der Waals surface area contributed by atoms with Crippen molar-refractivity contribution in [3.8, 4) is 0 Å². The van der Waals surface area contributed by atoms with Crippen molar-refractivity contribution in [1.82, 2.24) is 4.98 Å². The van der Waals surface area contributed by atoms with Crippen LogP contribution in [0.15, 0.2) is 36.5 Å². The number of pyridine rings is 1. The minimum atomic E-state index is 0.252. The zero-order valence-electron chi connectivity index (χ0n) is 11.5. The van der Waals surface area contributed by atoms with E-state index in [4.69, 9.17) is 28.9 Å². The zero-order valence-corrected chi connectivity index (χ0v) is 13.0. The lowest BCUT2D eigenvalue weighted by molar-refractivity contribution is 0.673. The predicted molar refractivity (Wildman–Crippen MR) is 86.4 cm³/mol. The van der Waals surface area contributed by atoms with Crippen LogP contribution in [0.2, 0.25) is 10.0 Å². The fourth-order valence-corrected chi connectivity index (χ4v) is 2.50. The molecule has 0 aliphatic rings. The SMILES string of the molecule is CC(C)N(Cc1cccc(N)c1)c1ncc(Cl)cc1Cl. The van der Waals surface area contributed by atoms with Gasteiger partial charge in [-0.15, -0.1) is 0 Å². The normalized spacial score (nSPS) is 10.8. The third-order valence-corrected chi connectivity index (χ3v) is 3.47. The molecule has 5 heteroatoms. The number of rotatable bonds is 4. The Morgan fingerprint density at radius 1 is 1.25 bits per heavy atom. The van der Waals surface area contributed by atoms with Gasteiger partial charge in [0.15, 0.2) is 0 Å². The Hall–Kier alpha value is -1.45. The maximum absolute atomic E-state index is 6.25. The van der Waals surface area contributed by atoms with Gasteiger partial charge in [0.25, 0.3) is 0 Å². The first-order valence-electron chi connectivity index (χ1n) is 6.39. The first-order valence-corrected chi connectivity index (χ1v) is 7.15. The van der Waals surface area contributed by atoms with Gasteiger partial charge in [0, 0.05) is 24.5 Å². The molecule has 3 nitrogen and oxygen atoms in total. The van der Waals surface area contributed by atoms with E-state index < -0.39 is 0 Å². The molecule has 2 N–H and O–H groups in total. The standard InChI is InChI=1S/C15H17Cl2N3/c1-10(2)20(9-11-4-3-5-13(18)6-11)15-14(17)7-12(16)8-19-15/h3-8,10H,9,18H2,1-2H3. The lowest BCUT2D eigenvalue weighted by atomic mass is 10.1. The summed E-state index contributed by atoms with van der Waals surface area (Å²) in [5.41, 5.74) is 7.69. The van der Waals surface area contributed by atoms with Gasteiger partial charge in [-0.1, -0.05) is 35.3 Å². The average Bonchev–Trinajstić information content (AvgIpc) is 2.36. The van der Waals surface area contributed by atoms with Crippen molar-refractivity contribution >= 4 is 34.7 Å². The second kappa shape index (κ2) is 6.33. The smallest absolute Gasteiger partial charge is 0.147 e. The minimum absolute atomic E-state index is 0.252. The highest BCUT2D eigenvalue weighted by atomic mass is 35.5. The zero-order chi connectivity index (χ0) is 14.7.